The fourth-order valence-corrected chi connectivity index (χ4v) is 3.75. The molecule has 1 aliphatic carbocycles. The molecule has 1 unspecified atom stereocenters. The molecule has 1 fully saturated rings. The molecule has 1 heterocycles. The van der Waals surface area contributed by atoms with Gasteiger partial charge in [0.05, 0.1) is 5.41 Å². The van der Waals surface area contributed by atoms with Gasteiger partial charge in [-0.15, -0.1) is 0 Å². The molecule has 118 valence electrons. The van der Waals surface area contributed by atoms with Gasteiger partial charge in [0.15, 0.2) is 0 Å². The maximum absolute atomic E-state index is 12.7. The number of hydrogen-bond donors (Lipinski definition) is 2. The number of anilines is 1. The van der Waals surface area contributed by atoms with E-state index in [9.17, 15) is 4.79 Å². The maximum Gasteiger partial charge on any atom is 0.231 e. The SMILES string of the molecule is CC1(C(=O)Nc2ccc3c(c2)Cc2ccccc2-3)CCCNC1. The van der Waals surface area contributed by atoms with Crippen LogP contribution in [0.5, 0.6) is 0 Å². The minimum atomic E-state index is -0.305. The molecule has 1 aliphatic heterocycles. The van der Waals surface area contributed by atoms with Crippen LogP contribution in [0.2, 0.25) is 0 Å². The first-order valence-corrected chi connectivity index (χ1v) is 8.39. The molecule has 2 aliphatic rings. The fourth-order valence-electron chi connectivity index (χ4n) is 3.75. The predicted octanol–water partition coefficient (Wildman–Crippen LogP) is 3.59. The van der Waals surface area contributed by atoms with E-state index in [4.69, 9.17) is 0 Å². The number of fused-ring (bicyclic) bond motifs is 3. The highest BCUT2D eigenvalue weighted by atomic mass is 16.2. The number of hydrogen-bond acceptors (Lipinski definition) is 2. The second kappa shape index (κ2) is 5.50. The van der Waals surface area contributed by atoms with E-state index >= 15 is 0 Å². The summed E-state index contributed by atoms with van der Waals surface area (Å²) in [5.74, 6) is 0.125. The van der Waals surface area contributed by atoms with E-state index in [1.165, 1.54) is 22.3 Å². The van der Waals surface area contributed by atoms with Crippen LogP contribution in [0, 0.1) is 5.41 Å². The second-order valence-electron chi connectivity index (χ2n) is 7.00. The van der Waals surface area contributed by atoms with Crippen molar-refractivity contribution in [1.29, 1.82) is 0 Å². The largest absolute Gasteiger partial charge is 0.326 e. The first kappa shape index (κ1) is 14.5. The third-order valence-electron chi connectivity index (χ3n) is 5.20. The van der Waals surface area contributed by atoms with Gasteiger partial charge in [0.2, 0.25) is 5.91 Å². The van der Waals surface area contributed by atoms with Crippen LogP contribution in [0.3, 0.4) is 0 Å². The third-order valence-corrected chi connectivity index (χ3v) is 5.20. The second-order valence-corrected chi connectivity index (χ2v) is 7.00. The normalized spacial score (nSPS) is 22.3. The Labute approximate surface area is 137 Å². The summed E-state index contributed by atoms with van der Waals surface area (Å²) >= 11 is 0. The molecule has 3 nitrogen and oxygen atoms in total. The van der Waals surface area contributed by atoms with Crippen molar-refractivity contribution in [3.8, 4) is 11.1 Å². The molecule has 4 rings (SSSR count). The van der Waals surface area contributed by atoms with Crippen molar-refractivity contribution in [3.05, 3.63) is 53.6 Å². The molecule has 3 heteroatoms. The summed E-state index contributed by atoms with van der Waals surface area (Å²) in [5, 5.41) is 6.46. The van der Waals surface area contributed by atoms with Gasteiger partial charge in [-0.05, 0) is 67.1 Å². The van der Waals surface area contributed by atoms with Gasteiger partial charge in [-0.25, -0.2) is 0 Å². The standard InChI is InChI=1S/C20H22N2O/c1-20(9-4-10-21-13-20)19(23)22-16-7-8-18-15(12-16)11-14-5-2-3-6-17(14)18/h2-3,5-8,12,21H,4,9-11,13H2,1H3,(H,22,23). The Morgan fingerprint density at radius 2 is 1.96 bits per heavy atom. The van der Waals surface area contributed by atoms with E-state index in [1.807, 2.05) is 6.07 Å². The van der Waals surface area contributed by atoms with E-state index in [1.54, 1.807) is 0 Å². The highest BCUT2D eigenvalue weighted by molar-refractivity contribution is 5.96. The molecule has 0 aromatic heterocycles. The van der Waals surface area contributed by atoms with E-state index in [0.29, 0.717) is 0 Å². The quantitative estimate of drug-likeness (QED) is 0.760. The van der Waals surface area contributed by atoms with Crippen molar-refractivity contribution in [1.82, 2.24) is 5.32 Å². The van der Waals surface area contributed by atoms with Gasteiger partial charge >= 0.3 is 0 Å². The first-order valence-electron chi connectivity index (χ1n) is 8.39. The number of piperidine rings is 1. The van der Waals surface area contributed by atoms with Crippen LogP contribution in [0.25, 0.3) is 11.1 Å². The molecule has 0 radical (unpaired) electrons. The average molecular weight is 306 g/mol. The lowest BCUT2D eigenvalue weighted by Gasteiger charge is -2.32. The van der Waals surface area contributed by atoms with Crippen LogP contribution in [-0.4, -0.2) is 19.0 Å². The summed E-state index contributed by atoms with van der Waals surface area (Å²) in [5.41, 5.74) is 5.90. The summed E-state index contributed by atoms with van der Waals surface area (Å²) in [6, 6.07) is 14.8. The Bertz CT molecular complexity index is 760. The van der Waals surface area contributed by atoms with Crippen molar-refractivity contribution < 1.29 is 4.79 Å². The summed E-state index contributed by atoms with van der Waals surface area (Å²) in [6.45, 7) is 3.83. The lowest BCUT2D eigenvalue weighted by atomic mass is 9.82. The zero-order valence-electron chi connectivity index (χ0n) is 13.5. The number of benzene rings is 2. The highest BCUT2D eigenvalue weighted by Gasteiger charge is 2.34. The summed E-state index contributed by atoms with van der Waals surface area (Å²) in [6.07, 6.45) is 2.96. The van der Waals surface area contributed by atoms with Crippen LogP contribution >= 0.6 is 0 Å². The third kappa shape index (κ3) is 2.55. The van der Waals surface area contributed by atoms with Gasteiger partial charge in [-0.2, -0.15) is 0 Å². The van der Waals surface area contributed by atoms with E-state index in [0.717, 1.165) is 38.0 Å². The monoisotopic (exact) mass is 306 g/mol. The van der Waals surface area contributed by atoms with Crippen molar-refractivity contribution in [2.45, 2.75) is 26.2 Å². The molecule has 2 aromatic rings. The van der Waals surface area contributed by atoms with Crippen LogP contribution < -0.4 is 10.6 Å². The van der Waals surface area contributed by atoms with Crippen LogP contribution in [0.1, 0.15) is 30.9 Å². The molecule has 0 saturated carbocycles. The van der Waals surface area contributed by atoms with Crippen LogP contribution in [-0.2, 0) is 11.2 Å². The lowest BCUT2D eigenvalue weighted by Crippen LogP contribution is -2.46. The summed E-state index contributed by atoms with van der Waals surface area (Å²) in [4.78, 5) is 12.7. The molecule has 0 bridgehead atoms. The number of rotatable bonds is 2. The van der Waals surface area contributed by atoms with Crippen molar-refractivity contribution in [2.24, 2.45) is 5.41 Å². The van der Waals surface area contributed by atoms with Gasteiger partial charge < -0.3 is 10.6 Å². The lowest BCUT2D eigenvalue weighted by molar-refractivity contribution is -0.125. The van der Waals surface area contributed by atoms with E-state index in [2.05, 4.69) is 54.0 Å². The van der Waals surface area contributed by atoms with E-state index in [-0.39, 0.29) is 11.3 Å². The average Bonchev–Trinajstić information content (AvgIpc) is 2.93. The van der Waals surface area contributed by atoms with Gasteiger partial charge in [-0.1, -0.05) is 30.3 Å². The Morgan fingerprint density at radius 3 is 2.78 bits per heavy atom. The Hall–Kier alpha value is -2.13. The van der Waals surface area contributed by atoms with Gasteiger partial charge in [-0.3, -0.25) is 4.79 Å². The zero-order chi connectivity index (χ0) is 15.9. The summed E-state index contributed by atoms with van der Waals surface area (Å²) < 4.78 is 0. The minimum absolute atomic E-state index is 0.125. The van der Waals surface area contributed by atoms with E-state index < -0.39 is 0 Å². The molecular weight excluding hydrogens is 284 g/mol. The summed E-state index contributed by atoms with van der Waals surface area (Å²) in [7, 11) is 0. The van der Waals surface area contributed by atoms with Gasteiger partial charge in [0.1, 0.15) is 0 Å². The maximum atomic E-state index is 12.7. The number of amides is 1. The molecule has 2 N–H and O–H groups in total. The Morgan fingerprint density at radius 1 is 1.13 bits per heavy atom. The number of carbonyl (C=O) groups excluding carboxylic acids is 1. The number of nitrogens with one attached hydrogen (secondary N) is 2. The topological polar surface area (TPSA) is 41.1 Å². The van der Waals surface area contributed by atoms with Gasteiger partial charge in [0.25, 0.3) is 0 Å². The van der Waals surface area contributed by atoms with Crippen LogP contribution in [0.4, 0.5) is 5.69 Å². The Balaban J connectivity index is 1.56. The fraction of sp³-hybridized carbons (Fsp3) is 0.350. The zero-order valence-corrected chi connectivity index (χ0v) is 13.5. The van der Waals surface area contributed by atoms with Crippen molar-refractivity contribution in [2.75, 3.05) is 18.4 Å². The molecule has 1 atom stereocenters. The number of carbonyl (C=O) groups is 1. The highest BCUT2D eigenvalue weighted by Crippen LogP contribution is 2.38. The first-order chi connectivity index (χ1) is 11.2. The predicted molar refractivity (Wildman–Crippen MR) is 93.5 cm³/mol. The molecule has 1 amide bonds. The molecular formula is C20H22N2O. The molecule has 2 aromatic carbocycles. The Kier molecular flexibility index (Phi) is 3.46. The molecule has 23 heavy (non-hydrogen) atoms. The molecule has 0 spiro atoms. The van der Waals surface area contributed by atoms with Crippen LogP contribution in [0.15, 0.2) is 42.5 Å². The minimum Gasteiger partial charge on any atom is -0.326 e. The smallest absolute Gasteiger partial charge is 0.231 e. The van der Waals surface area contributed by atoms with Gasteiger partial charge in [0, 0.05) is 12.2 Å². The van der Waals surface area contributed by atoms with Crippen molar-refractivity contribution in [3.63, 3.8) is 0 Å². The molecule has 1 saturated heterocycles. The van der Waals surface area contributed by atoms with Crippen molar-refractivity contribution >= 4 is 11.6 Å².